The molecule has 0 heterocycles. The van der Waals surface area contributed by atoms with Gasteiger partial charge in [-0.2, -0.15) is 0 Å². The third-order valence-corrected chi connectivity index (χ3v) is 3.45. The van der Waals surface area contributed by atoms with Gasteiger partial charge in [-0.3, -0.25) is 0 Å². The van der Waals surface area contributed by atoms with Gasteiger partial charge in [-0.05, 0) is 17.7 Å². The zero-order valence-electron chi connectivity index (χ0n) is 9.13. The minimum Gasteiger partial charge on any atom is -0.320 e. The molecule has 2 aromatic carbocycles. The number of hydrogen-bond acceptors (Lipinski definition) is 1. The van der Waals surface area contributed by atoms with Crippen LogP contribution in [0.4, 0.5) is 8.78 Å². The van der Waals surface area contributed by atoms with Crippen molar-refractivity contribution in [3.05, 3.63) is 69.2 Å². The molecule has 94 valence electrons. The molecule has 1 atom stereocenters. The predicted molar refractivity (Wildman–Crippen MR) is 68.9 cm³/mol. The Morgan fingerprint density at radius 1 is 1.00 bits per heavy atom. The number of halogens is 4. The quantitative estimate of drug-likeness (QED) is 0.875. The maximum Gasteiger partial charge on any atom is 0.131 e. The molecule has 0 fully saturated rings. The Morgan fingerprint density at radius 3 is 2.39 bits per heavy atom. The summed E-state index contributed by atoms with van der Waals surface area (Å²) in [5, 5.41) is 0.613. The van der Waals surface area contributed by atoms with Gasteiger partial charge < -0.3 is 5.73 Å². The minimum atomic E-state index is -0.795. The maximum absolute atomic E-state index is 13.6. The van der Waals surface area contributed by atoms with E-state index in [1.807, 2.05) is 0 Å². The van der Waals surface area contributed by atoms with E-state index in [0.717, 1.165) is 12.1 Å². The van der Waals surface area contributed by atoms with E-state index >= 15 is 0 Å². The first kappa shape index (κ1) is 13.3. The summed E-state index contributed by atoms with van der Waals surface area (Å²) >= 11 is 11.9. The summed E-state index contributed by atoms with van der Waals surface area (Å²) < 4.78 is 26.5. The summed E-state index contributed by atoms with van der Waals surface area (Å²) in [5.74, 6) is -1.36. The van der Waals surface area contributed by atoms with E-state index in [4.69, 9.17) is 28.9 Å². The van der Waals surface area contributed by atoms with Gasteiger partial charge in [-0.25, -0.2) is 8.78 Å². The Kier molecular flexibility index (Phi) is 3.85. The molecule has 2 rings (SSSR count). The average Bonchev–Trinajstić information content (AvgIpc) is 2.32. The lowest BCUT2D eigenvalue weighted by atomic mass is 9.99. The van der Waals surface area contributed by atoms with Gasteiger partial charge in [0.15, 0.2) is 0 Å². The van der Waals surface area contributed by atoms with Gasteiger partial charge >= 0.3 is 0 Å². The zero-order valence-corrected chi connectivity index (χ0v) is 10.6. The molecule has 0 aliphatic carbocycles. The van der Waals surface area contributed by atoms with Crippen LogP contribution < -0.4 is 5.73 Å². The summed E-state index contributed by atoms with van der Waals surface area (Å²) in [7, 11) is 0. The summed E-state index contributed by atoms with van der Waals surface area (Å²) in [6, 6.07) is 7.38. The van der Waals surface area contributed by atoms with E-state index in [0.29, 0.717) is 10.6 Å². The summed E-state index contributed by atoms with van der Waals surface area (Å²) in [6.45, 7) is 0. The van der Waals surface area contributed by atoms with E-state index in [1.54, 1.807) is 18.2 Å². The van der Waals surface area contributed by atoms with E-state index in [2.05, 4.69) is 0 Å². The van der Waals surface area contributed by atoms with Gasteiger partial charge in [0.25, 0.3) is 0 Å². The van der Waals surface area contributed by atoms with Crippen LogP contribution in [0.25, 0.3) is 0 Å². The highest BCUT2D eigenvalue weighted by atomic mass is 35.5. The molecule has 2 aromatic rings. The second-order valence-corrected chi connectivity index (χ2v) is 4.57. The van der Waals surface area contributed by atoms with Crippen LogP contribution >= 0.6 is 23.2 Å². The summed E-state index contributed by atoms with van der Waals surface area (Å²) in [6.07, 6.45) is 0. The van der Waals surface area contributed by atoms with Crippen molar-refractivity contribution in [2.24, 2.45) is 5.73 Å². The fourth-order valence-corrected chi connectivity index (χ4v) is 2.11. The molecule has 0 saturated heterocycles. The van der Waals surface area contributed by atoms with Gasteiger partial charge in [0, 0.05) is 11.6 Å². The van der Waals surface area contributed by atoms with E-state index < -0.39 is 17.7 Å². The molecular formula is C13H9Cl2F2N. The number of benzene rings is 2. The van der Waals surface area contributed by atoms with Crippen LogP contribution in [0.15, 0.2) is 36.4 Å². The highest BCUT2D eigenvalue weighted by Crippen LogP contribution is 2.32. The SMILES string of the molecule is NC(c1ccc(F)cc1F)c1cccc(Cl)c1Cl. The average molecular weight is 288 g/mol. The molecule has 0 aliphatic heterocycles. The minimum absolute atomic E-state index is 0.167. The molecule has 0 amide bonds. The highest BCUT2D eigenvalue weighted by molar-refractivity contribution is 6.42. The molecule has 5 heteroatoms. The number of rotatable bonds is 2. The predicted octanol–water partition coefficient (Wildman–Crippen LogP) is 4.32. The van der Waals surface area contributed by atoms with Gasteiger partial charge in [0.1, 0.15) is 11.6 Å². The topological polar surface area (TPSA) is 26.0 Å². The molecule has 0 spiro atoms. The Balaban J connectivity index is 2.48. The molecule has 0 bridgehead atoms. The van der Waals surface area contributed by atoms with Crippen molar-refractivity contribution in [2.45, 2.75) is 6.04 Å². The summed E-state index contributed by atoms with van der Waals surface area (Å²) in [5.41, 5.74) is 6.59. The molecule has 0 aliphatic rings. The van der Waals surface area contributed by atoms with Crippen LogP contribution in [0.2, 0.25) is 10.0 Å². The van der Waals surface area contributed by atoms with Crippen LogP contribution in [0, 0.1) is 11.6 Å². The lowest BCUT2D eigenvalue weighted by Crippen LogP contribution is -2.14. The van der Waals surface area contributed by atoms with Crippen LogP contribution in [-0.2, 0) is 0 Å². The Labute approximate surface area is 113 Å². The standard InChI is InChI=1S/C13H9Cl2F2N/c14-10-3-1-2-9(12(10)15)13(18)8-5-4-7(16)6-11(8)17/h1-6,13H,18H2. The first-order valence-electron chi connectivity index (χ1n) is 5.15. The van der Waals surface area contributed by atoms with Crippen molar-refractivity contribution < 1.29 is 8.78 Å². The number of hydrogen-bond donors (Lipinski definition) is 1. The van der Waals surface area contributed by atoms with Crippen LogP contribution in [0.3, 0.4) is 0 Å². The first-order chi connectivity index (χ1) is 8.50. The zero-order chi connectivity index (χ0) is 13.3. The fourth-order valence-electron chi connectivity index (χ4n) is 1.68. The van der Waals surface area contributed by atoms with Crippen molar-refractivity contribution >= 4 is 23.2 Å². The van der Waals surface area contributed by atoms with Crippen LogP contribution in [0.5, 0.6) is 0 Å². The third kappa shape index (κ3) is 2.48. The molecule has 0 aromatic heterocycles. The summed E-state index contributed by atoms with van der Waals surface area (Å²) in [4.78, 5) is 0. The van der Waals surface area contributed by atoms with Crippen molar-refractivity contribution in [1.82, 2.24) is 0 Å². The van der Waals surface area contributed by atoms with E-state index in [-0.39, 0.29) is 10.6 Å². The largest absolute Gasteiger partial charge is 0.320 e. The fraction of sp³-hybridized carbons (Fsp3) is 0.0769. The third-order valence-electron chi connectivity index (χ3n) is 2.61. The van der Waals surface area contributed by atoms with Crippen molar-refractivity contribution in [3.63, 3.8) is 0 Å². The van der Waals surface area contributed by atoms with Crippen molar-refractivity contribution in [1.29, 1.82) is 0 Å². The van der Waals surface area contributed by atoms with E-state index in [9.17, 15) is 8.78 Å². The Hall–Kier alpha value is -1.16. The second-order valence-electron chi connectivity index (χ2n) is 3.79. The molecule has 2 N–H and O–H groups in total. The van der Waals surface area contributed by atoms with Crippen molar-refractivity contribution in [3.8, 4) is 0 Å². The number of nitrogens with two attached hydrogens (primary N) is 1. The lowest BCUT2D eigenvalue weighted by Gasteiger charge is -2.15. The molecule has 1 unspecified atom stereocenters. The molecule has 18 heavy (non-hydrogen) atoms. The molecule has 0 saturated carbocycles. The van der Waals surface area contributed by atoms with Gasteiger partial charge in [-0.15, -0.1) is 0 Å². The highest BCUT2D eigenvalue weighted by Gasteiger charge is 2.17. The molecule has 1 nitrogen and oxygen atoms in total. The lowest BCUT2D eigenvalue weighted by molar-refractivity contribution is 0.566. The van der Waals surface area contributed by atoms with E-state index in [1.165, 1.54) is 6.07 Å². The first-order valence-corrected chi connectivity index (χ1v) is 5.90. The van der Waals surface area contributed by atoms with Crippen LogP contribution in [0.1, 0.15) is 17.2 Å². The van der Waals surface area contributed by atoms with Crippen molar-refractivity contribution in [2.75, 3.05) is 0 Å². The second kappa shape index (κ2) is 5.22. The Bertz CT molecular complexity index is 587. The molecule has 0 radical (unpaired) electrons. The Morgan fingerprint density at radius 2 is 1.72 bits per heavy atom. The van der Waals surface area contributed by atoms with Gasteiger partial charge in [0.2, 0.25) is 0 Å². The molecular weight excluding hydrogens is 279 g/mol. The monoisotopic (exact) mass is 287 g/mol. The van der Waals surface area contributed by atoms with Gasteiger partial charge in [0.05, 0.1) is 16.1 Å². The maximum atomic E-state index is 13.6. The smallest absolute Gasteiger partial charge is 0.131 e. The van der Waals surface area contributed by atoms with Crippen LogP contribution in [-0.4, -0.2) is 0 Å². The normalized spacial score (nSPS) is 12.5. The van der Waals surface area contributed by atoms with Gasteiger partial charge in [-0.1, -0.05) is 41.4 Å².